The molecule has 3 rings (SSSR count). The number of hydrogen-bond acceptors (Lipinski definition) is 4. The van der Waals surface area contributed by atoms with E-state index in [1.54, 1.807) is 17.2 Å². The number of rotatable bonds is 1. The molecule has 0 bridgehead atoms. The number of aromatic nitrogens is 1. The van der Waals surface area contributed by atoms with Crippen molar-refractivity contribution in [2.45, 2.75) is 4.90 Å². The van der Waals surface area contributed by atoms with Crippen molar-refractivity contribution < 1.29 is 8.42 Å². The highest BCUT2D eigenvalue weighted by molar-refractivity contribution is 9.10. The minimum absolute atomic E-state index is 0.111. The number of anilines is 2. The third kappa shape index (κ3) is 2.15. The molecule has 1 aliphatic heterocycles. The second-order valence-electron chi connectivity index (χ2n) is 3.87. The molecule has 0 amide bonds. The highest BCUT2D eigenvalue weighted by Crippen LogP contribution is 2.32. The Morgan fingerprint density at radius 1 is 1.11 bits per heavy atom. The zero-order chi connectivity index (χ0) is 13.5. The van der Waals surface area contributed by atoms with Crippen LogP contribution >= 0.6 is 15.9 Å². The van der Waals surface area contributed by atoms with E-state index >= 15 is 0 Å². The molecule has 1 aromatic heterocycles. The average molecular weight is 338 g/mol. The van der Waals surface area contributed by atoms with Crippen LogP contribution in [0.15, 0.2) is 56.4 Å². The first-order valence-corrected chi connectivity index (χ1v) is 7.61. The lowest BCUT2D eigenvalue weighted by molar-refractivity contribution is 0.597. The van der Waals surface area contributed by atoms with Crippen LogP contribution in [0.3, 0.4) is 0 Å². The van der Waals surface area contributed by atoms with Crippen LogP contribution in [0.25, 0.3) is 0 Å². The van der Waals surface area contributed by atoms with Crippen molar-refractivity contribution in [3.63, 3.8) is 0 Å². The fraction of sp³-hybridized carbons (Fsp3) is 0. The second kappa shape index (κ2) is 4.43. The van der Waals surface area contributed by atoms with Gasteiger partial charge in [0, 0.05) is 16.4 Å². The van der Waals surface area contributed by atoms with Gasteiger partial charge in [-0.1, -0.05) is 15.9 Å². The van der Waals surface area contributed by atoms with Crippen LogP contribution in [0, 0.1) is 0 Å². The Balaban J connectivity index is 2.17. The number of hydrogen-bond donors (Lipinski definition) is 0. The summed E-state index contributed by atoms with van der Waals surface area (Å²) in [6.07, 6.45) is 2.83. The normalized spacial score (nSPS) is 16.2. The lowest BCUT2D eigenvalue weighted by Crippen LogP contribution is -2.23. The molecule has 0 unspecified atom stereocenters. The quantitative estimate of drug-likeness (QED) is 0.802. The van der Waals surface area contributed by atoms with Crippen molar-refractivity contribution in [3.05, 3.63) is 47.1 Å². The Hall–Kier alpha value is -1.73. The van der Waals surface area contributed by atoms with E-state index in [-0.39, 0.29) is 4.90 Å². The van der Waals surface area contributed by atoms with Crippen molar-refractivity contribution >= 4 is 43.8 Å². The van der Waals surface area contributed by atoms with Crippen LogP contribution in [0.2, 0.25) is 0 Å². The number of sulfonamides is 1. The number of halogens is 1. The van der Waals surface area contributed by atoms with E-state index in [0.29, 0.717) is 5.82 Å². The molecule has 0 radical (unpaired) electrons. The van der Waals surface area contributed by atoms with E-state index in [2.05, 4.69) is 25.3 Å². The third-order valence-electron chi connectivity index (χ3n) is 2.66. The van der Waals surface area contributed by atoms with Crippen molar-refractivity contribution in [2.75, 3.05) is 4.90 Å². The Kier molecular flexibility index (Phi) is 2.87. The van der Waals surface area contributed by atoms with Gasteiger partial charge in [0.15, 0.2) is 5.82 Å². The molecule has 0 N–H and O–H groups in total. The van der Waals surface area contributed by atoms with Crippen molar-refractivity contribution in [3.8, 4) is 0 Å². The summed E-state index contributed by atoms with van der Waals surface area (Å²) in [5.74, 6) is 0.361. The minimum Gasteiger partial charge on any atom is -0.283 e. The fourth-order valence-electron chi connectivity index (χ4n) is 1.78. The van der Waals surface area contributed by atoms with Crippen LogP contribution in [-0.2, 0) is 10.0 Å². The lowest BCUT2D eigenvalue weighted by atomic mass is 10.3. The van der Waals surface area contributed by atoms with Crippen LogP contribution < -0.4 is 4.90 Å². The highest BCUT2D eigenvalue weighted by atomic mass is 79.9. The molecule has 5 nitrogen and oxygen atoms in total. The van der Waals surface area contributed by atoms with Crippen LogP contribution in [-0.4, -0.2) is 19.7 Å². The van der Waals surface area contributed by atoms with Gasteiger partial charge in [-0.05, 0) is 36.4 Å². The van der Waals surface area contributed by atoms with E-state index < -0.39 is 10.0 Å². The summed E-state index contributed by atoms with van der Waals surface area (Å²) in [5.41, 5.74) is 0.793. The Morgan fingerprint density at radius 2 is 1.84 bits per heavy atom. The molecule has 1 aliphatic rings. The largest absolute Gasteiger partial charge is 0.287 e. The topological polar surface area (TPSA) is 62.6 Å². The van der Waals surface area contributed by atoms with Crippen LogP contribution in [0.1, 0.15) is 0 Å². The molecule has 0 spiro atoms. The van der Waals surface area contributed by atoms with E-state index in [9.17, 15) is 8.42 Å². The Morgan fingerprint density at radius 3 is 2.58 bits per heavy atom. The van der Waals surface area contributed by atoms with E-state index in [1.807, 2.05) is 24.3 Å². The molecule has 0 saturated carbocycles. The van der Waals surface area contributed by atoms with Gasteiger partial charge >= 0.3 is 0 Å². The summed E-state index contributed by atoms with van der Waals surface area (Å²) in [6.45, 7) is 0. The SMILES string of the molecule is O=S1(=O)N=CN(c2ccc(Br)cc2)c2ncccc21. The number of benzene rings is 1. The zero-order valence-electron chi connectivity index (χ0n) is 9.56. The first-order chi connectivity index (χ1) is 9.08. The van der Waals surface area contributed by atoms with Gasteiger partial charge in [0.05, 0.1) is 0 Å². The van der Waals surface area contributed by atoms with E-state index in [0.717, 1.165) is 10.2 Å². The standard InChI is InChI=1S/C12H8BrN3O2S/c13-9-3-5-10(6-4-9)16-8-15-19(17,18)11-2-1-7-14-12(11)16/h1-8H. The predicted octanol–water partition coefficient (Wildman–Crippen LogP) is 2.71. The number of pyridine rings is 1. The average Bonchev–Trinajstić information content (AvgIpc) is 2.41. The molecule has 2 aromatic rings. The first-order valence-electron chi connectivity index (χ1n) is 5.38. The van der Waals surface area contributed by atoms with Crippen LogP contribution in [0.4, 0.5) is 11.5 Å². The van der Waals surface area contributed by atoms with Gasteiger partial charge < -0.3 is 0 Å². The zero-order valence-corrected chi connectivity index (χ0v) is 12.0. The molecule has 0 saturated heterocycles. The molecule has 96 valence electrons. The van der Waals surface area contributed by atoms with Crippen molar-refractivity contribution in [1.29, 1.82) is 0 Å². The number of nitrogens with zero attached hydrogens (tertiary/aromatic N) is 3. The smallest absolute Gasteiger partial charge is 0.283 e. The van der Waals surface area contributed by atoms with Crippen molar-refractivity contribution in [1.82, 2.24) is 4.98 Å². The predicted molar refractivity (Wildman–Crippen MR) is 76.2 cm³/mol. The number of fused-ring (bicyclic) bond motifs is 1. The molecular weight excluding hydrogens is 330 g/mol. The molecule has 2 heterocycles. The van der Waals surface area contributed by atoms with Crippen molar-refractivity contribution in [2.24, 2.45) is 4.40 Å². The molecule has 0 atom stereocenters. The maximum atomic E-state index is 11.8. The summed E-state index contributed by atoms with van der Waals surface area (Å²) in [5, 5.41) is 0. The van der Waals surface area contributed by atoms with E-state index in [1.165, 1.54) is 12.4 Å². The minimum atomic E-state index is -3.64. The molecule has 0 fully saturated rings. The Labute approximate surface area is 118 Å². The first kappa shape index (κ1) is 12.3. The van der Waals surface area contributed by atoms with Gasteiger partial charge in [0.2, 0.25) is 0 Å². The third-order valence-corrected chi connectivity index (χ3v) is 4.44. The fourth-order valence-corrected chi connectivity index (χ4v) is 3.00. The van der Waals surface area contributed by atoms with Gasteiger partial charge in [-0.25, -0.2) is 4.98 Å². The van der Waals surface area contributed by atoms with E-state index in [4.69, 9.17) is 0 Å². The molecule has 19 heavy (non-hydrogen) atoms. The maximum absolute atomic E-state index is 11.8. The molecule has 1 aromatic carbocycles. The maximum Gasteiger partial charge on any atom is 0.287 e. The molecule has 0 aliphatic carbocycles. The summed E-state index contributed by atoms with van der Waals surface area (Å²) < 4.78 is 28.2. The van der Waals surface area contributed by atoms with Gasteiger partial charge in [0.1, 0.15) is 11.2 Å². The molecule has 7 heteroatoms. The van der Waals surface area contributed by atoms with Gasteiger partial charge in [-0.2, -0.15) is 8.42 Å². The van der Waals surface area contributed by atoms with Gasteiger partial charge in [-0.15, -0.1) is 4.40 Å². The monoisotopic (exact) mass is 337 g/mol. The van der Waals surface area contributed by atoms with Gasteiger partial charge in [-0.3, -0.25) is 4.90 Å². The summed E-state index contributed by atoms with van der Waals surface area (Å²) >= 11 is 3.36. The summed E-state index contributed by atoms with van der Waals surface area (Å²) in [7, 11) is -3.64. The van der Waals surface area contributed by atoms with Crippen LogP contribution in [0.5, 0.6) is 0 Å². The second-order valence-corrected chi connectivity index (χ2v) is 6.38. The highest BCUT2D eigenvalue weighted by Gasteiger charge is 2.26. The Bertz CT molecular complexity index is 757. The van der Waals surface area contributed by atoms with Gasteiger partial charge in [0.25, 0.3) is 10.0 Å². The summed E-state index contributed by atoms with van der Waals surface area (Å²) in [4.78, 5) is 5.89. The molecular formula is C12H8BrN3O2S. The summed E-state index contributed by atoms with van der Waals surface area (Å²) in [6, 6.07) is 10.5. The lowest BCUT2D eigenvalue weighted by Gasteiger charge is -2.23.